The van der Waals surface area contributed by atoms with Crippen molar-refractivity contribution in [3.05, 3.63) is 36.0 Å². The molecule has 8 heteroatoms. The van der Waals surface area contributed by atoms with Crippen molar-refractivity contribution in [3.63, 3.8) is 0 Å². The Labute approximate surface area is 235 Å². The summed E-state index contributed by atoms with van der Waals surface area (Å²) in [6.07, 6.45) is 9.04. The molecule has 0 radical (unpaired) electrons. The molecule has 0 saturated heterocycles. The molecule has 0 aromatic carbocycles. The Kier molecular flexibility index (Phi) is 15.2. The Hall–Kier alpha value is -2.00. The highest BCUT2D eigenvalue weighted by Crippen LogP contribution is 2.26. The molecule has 1 aliphatic heterocycles. The second kappa shape index (κ2) is 17.0. The van der Waals surface area contributed by atoms with Crippen LogP contribution in [0.25, 0.3) is 0 Å². The number of rotatable bonds is 11. The summed E-state index contributed by atoms with van der Waals surface area (Å²) in [5.74, 6) is -1.14. The van der Waals surface area contributed by atoms with E-state index in [4.69, 9.17) is 14.2 Å². The van der Waals surface area contributed by atoms with Crippen molar-refractivity contribution in [1.29, 1.82) is 0 Å². The Bertz CT molecular complexity index is 846. The summed E-state index contributed by atoms with van der Waals surface area (Å²) in [4.78, 5) is 24.2. The highest BCUT2D eigenvalue weighted by molar-refractivity contribution is 5.70. The summed E-state index contributed by atoms with van der Waals surface area (Å²) in [5.41, 5.74) is -0.331. The van der Waals surface area contributed by atoms with Gasteiger partial charge in [-0.2, -0.15) is 0 Å². The summed E-state index contributed by atoms with van der Waals surface area (Å²) < 4.78 is 16.9. The number of hydrogen-bond acceptors (Lipinski definition) is 8. The normalized spacial score (nSPS) is 30.3. The van der Waals surface area contributed by atoms with Gasteiger partial charge in [0.05, 0.1) is 30.3 Å². The zero-order chi connectivity index (χ0) is 29.8. The minimum atomic E-state index is -1.10. The fraction of sp³-hybridized carbons (Fsp3) is 0.742. The van der Waals surface area contributed by atoms with Gasteiger partial charge in [0.25, 0.3) is 0 Å². The van der Waals surface area contributed by atoms with Crippen LogP contribution < -0.4 is 0 Å². The van der Waals surface area contributed by atoms with E-state index in [0.717, 1.165) is 5.57 Å². The first-order valence-electron chi connectivity index (χ1n) is 14.2. The van der Waals surface area contributed by atoms with E-state index in [-0.39, 0.29) is 36.2 Å². The molecule has 9 unspecified atom stereocenters. The van der Waals surface area contributed by atoms with Gasteiger partial charge in [0.1, 0.15) is 12.2 Å². The molecule has 0 fully saturated rings. The van der Waals surface area contributed by atoms with Crippen molar-refractivity contribution in [1.82, 2.24) is 0 Å². The largest absolute Gasteiger partial charge is 0.458 e. The van der Waals surface area contributed by atoms with Crippen LogP contribution in [0.15, 0.2) is 36.0 Å². The average molecular weight is 553 g/mol. The SMILES string of the molecule is CCC(O)C(C)C(CCC(C)(O)/C=C/C=C(\C)C1OC(=O)CC(O)CCC(C)C(OC(C)=O)/C=C/C1C)OC. The molecule has 1 aliphatic rings. The highest BCUT2D eigenvalue weighted by Gasteiger charge is 2.28. The predicted octanol–water partition coefficient (Wildman–Crippen LogP) is 4.66. The van der Waals surface area contributed by atoms with E-state index < -0.39 is 36.0 Å². The van der Waals surface area contributed by atoms with Crippen molar-refractivity contribution in [2.45, 2.75) is 123 Å². The first-order valence-corrected chi connectivity index (χ1v) is 14.2. The van der Waals surface area contributed by atoms with E-state index in [2.05, 4.69) is 0 Å². The van der Waals surface area contributed by atoms with E-state index in [9.17, 15) is 24.9 Å². The Balaban J connectivity index is 3.06. The molecule has 0 spiro atoms. The molecule has 8 nitrogen and oxygen atoms in total. The van der Waals surface area contributed by atoms with E-state index in [1.165, 1.54) is 6.92 Å². The quantitative estimate of drug-likeness (QED) is 0.192. The van der Waals surface area contributed by atoms with Crippen LogP contribution in [-0.2, 0) is 23.8 Å². The Morgan fingerprint density at radius 3 is 2.51 bits per heavy atom. The fourth-order valence-corrected chi connectivity index (χ4v) is 4.88. The molecular weight excluding hydrogens is 500 g/mol. The number of carbonyl (C=O) groups excluding carboxylic acids is 2. The molecule has 0 aromatic heterocycles. The summed E-state index contributed by atoms with van der Waals surface area (Å²) in [5, 5.41) is 31.4. The predicted molar refractivity (Wildman–Crippen MR) is 152 cm³/mol. The fourth-order valence-electron chi connectivity index (χ4n) is 4.88. The number of ether oxygens (including phenoxy) is 3. The lowest BCUT2D eigenvalue weighted by atomic mass is 9.89. The van der Waals surface area contributed by atoms with Gasteiger partial charge < -0.3 is 29.5 Å². The monoisotopic (exact) mass is 552 g/mol. The maximum absolute atomic E-state index is 12.6. The molecule has 224 valence electrons. The zero-order valence-electron chi connectivity index (χ0n) is 25.1. The number of allylic oxidation sites excluding steroid dienone is 2. The molecule has 0 bridgehead atoms. The van der Waals surface area contributed by atoms with E-state index in [0.29, 0.717) is 32.1 Å². The number of aliphatic hydroxyl groups excluding tert-OH is 2. The zero-order valence-corrected chi connectivity index (χ0v) is 25.1. The van der Waals surface area contributed by atoms with Crippen molar-refractivity contribution in [3.8, 4) is 0 Å². The van der Waals surface area contributed by atoms with Crippen LogP contribution in [0.2, 0.25) is 0 Å². The molecule has 0 aliphatic carbocycles. The van der Waals surface area contributed by atoms with Crippen molar-refractivity contribution in [2.75, 3.05) is 7.11 Å². The van der Waals surface area contributed by atoms with Gasteiger partial charge in [0, 0.05) is 25.9 Å². The third-order valence-corrected chi connectivity index (χ3v) is 7.67. The first kappa shape index (κ1) is 35.0. The lowest BCUT2D eigenvalue weighted by Crippen LogP contribution is -2.33. The molecule has 1 rings (SSSR count). The minimum Gasteiger partial charge on any atom is -0.458 e. The molecule has 39 heavy (non-hydrogen) atoms. The lowest BCUT2D eigenvalue weighted by Gasteiger charge is -2.29. The maximum Gasteiger partial charge on any atom is 0.309 e. The van der Waals surface area contributed by atoms with Gasteiger partial charge in [-0.25, -0.2) is 0 Å². The smallest absolute Gasteiger partial charge is 0.309 e. The topological polar surface area (TPSA) is 123 Å². The van der Waals surface area contributed by atoms with Crippen LogP contribution in [0.4, 0.5) is 0 Å². The first-order chi connectivity index (χ1) is 18.2. The van der Waals surface area contributed by atoms with Gasteiger partial charge in [0.15, 0.2) is 0 Å². The summed E-state index contributed by atoms with van der Waals surface area (Å²) in [7, 11) is 1.62. The Morgan fingerprint density at radius 2 is 1.92 bits per heavy atom. The number of methoxy groups -OCH3 is 1. The van der Waals surface area contributed by atoms with Crippen LogP contribution in [0.5, 0.6) is 0 Å². The second-order valence-corrected chi connectivity index (χ2v) is 11.4. The van der Waals surface area contributed by atoms with Crippen molar-refractivity contribution >= 4 is 11.9 Å². The second-order valence-electron chi connectivity index (χ2n) is 11.4. The van der Waals surface area contributed by atoms with Crippen LogP contribution in [0.3, 0.4) is 0 Å². The van der Waals surface area contributed by atoms with Crippen LogP contribution >= 0.6 is 0 Å². The van der Waals surface area contributed by atoms with Crippen LogP contribution in [-0.4, -0.2) is 70.5 Å². The molecular formula is C31H52O8. The summed E-state index contributed by atoms with van der Waals surface area (Å²) >= 11 is 0. The molecule has 3 N–H and O–H groups in total. The van der Waals surface area contributed by atoms with Crippen LogP contribution in [0.1, 0.15) is 87.0 Å². The highest BCUT2D eigenvalue weighted by atomic mass is 16.5. The van der Waals surface area contributed by atoms with Gasteiger partial charge in [0.2, 0.25) is 0 Å². The third-order valence-electron chi connectivity index (χ3n) is 7.67. The van der Waals surface area contributed by atoms with E-state index in [1.807, 2.05) is 52.8 Å². The Morgan fingerprint density at radius 1 is 1.26 bits per heavy atom. The van der Waals surface area contributed by atoms with Crippen LogP contribution in [0, 0.1) is 17.8 Å². The van der Waals surface area contributed by atoms with Gasteiger partial charge in [-0.3, -0.25) is 9.59 Å². The molecule has 9 atom stereocenters. The number of cyclic esters (lactones) is 1. The van der Waals surface area contributed by atoms with Gasteiger partial charge >= 0.3 is 11.9 Å². The van der Waals surface area contributed by atoms with Gasteiger partial charge in [-0.1, -0.05) is 52.0 Å². The summed E-state index contributed by atoms with van der Waals surface area (Å²) in [6, 6.07) is 0. The van der Waals surface area contributed by atoms with E-state index in [1.54, 1.807) is 26.2 Å². The van der Waals surface area contributed by atoms with Gasteiger partial charge in [-0.05, 0) is 63.5 Å². The lowest BCUT2D eigenvalue weighted by molar-refractivity contribution is -0.151. The molecule has 0 aromatic rings. The molecule has 0 saturated carbocycles. The standard InChI is InChI=1S/C31H52O8/c1-9-26(34)23(5)28(37-8)16-18-31(7,36)17-10-11-21(3)30-22(4)13-15-27(38-24(6)32)20(2)12-14-25(33)19-29(35)39-30/h10-11,13,15,17,20,22-23,25-28,30,33-34,36H,9,12,14,16,18-19H2,1-8H3/b15-13+,17-10+,21-11+. The summed E-state index contributed by atoms with van der Waals surface area (Å²) in [6.45, 7) is 12.7. The molecule has 0 amide bonds. The molecule has 1 heterocycles. The average Bonchev–Trinajstić information content (AvgIpc) is 2.86. The number of hydrogen-bond donors (Lipinski definition) is 3. The number of aliphatic hydroxyl groups is 3. The van der Waals surface area contributed by atoms with E-state index >= 15 is 0 Å². The maximum atomic E-state index is 12.6. The van der Waals surface area contributed by atoms with Crippen molar-refractivity contribution in [2.24, 2.45) is 17.8 Å². The minimum absolute atomic E-state index is 0.0198. The number of esters is 2. The van der Waals surface area contributed by atoms with Crippen molar-refractivity contribution < 1.29 is 39.1 Å². The third kappa shape index (κ3) is 12.8. The number of carbonyl (C=O) groups is 2. The van der Waals surface area contributed by atoms with Gasteiger partial charge in [-0.15, -0.1) is 0 Å².